The van der Waals surface area contributed by atoms with Crippen LogP contribution in [-0.4, -0.2) is 42.4 Å². The van der Waals surface area contributed by atoms with Crippen molar-refractivity contribution in [3.8, 4) is 17.4 Å². The maximum Gasteiger partial charge on any atom is 0.343 e. The molecule has 1 atom stereocenters. The van der Waals surface area contributed by atoms with Gasteiger partial charge in [0, 0.05) is 12.3 Å². The Morgan fingerprint density at radius 3 is 2.52 bits per heavy atom. The highest BCUT2D eigenvalue weighted by Gasteiger charge is 2.24. The van der Waals surface area contributed by atoms with Gasteiger partial charge in [-0.2, -0.15) is 0 Å². The smallest absolute Gasteiger partial charge is 0.343 e. The van der Waals surface area contributed by atoms with E-state index in [-0.39, 0.29) is 17.5 Å². The number of anilines is 1. The average Bonchev–Trinajstić information content (AvgIpc) is 3.10. The van der Waals surface area contributed by atoms with Gasteiger partial charge in [0.1, 0.15) is 17.1 Å². The number of nitrogens with zero attached hydrogens (tertiary/aromatic N) is 1. The van der Waals surface area contributed by atoms with E-state index in [1.165, 1.54) is 0 Å². The maximum absolute atomic E-state index is 12.0. The van der Waals surface area contributed by atoms with Crippen molar-refractivity contribution in [2.45, 2.75) is 33.2 Å². The maximum atomic E-state index is 12.0. The lowest BCUT2D eigenvalue weighted by Gasteiger charge is -2.19. The van der Waals surface area contributed by atoms with Crippen LogP contribution >= 0.6 is 0 Å². The van der Waals surface area contributed by atoms with Gasteiger partial charge in [-0.15, -0.1) is 0 Å². The Balaban J connectivity index is 2.02. The Kier molecular flexibility index (Phi) is 5.51. The van der Waals surface area contributed by atoms with Crippen molar-refractivity contribution in [2.75, 3.05) is 25.6 Å². The van der Waals surface area contributed by atoms with Gasteiger partial charge >= 0.3 is 5.97 Å². The lowest BCUT2D eigenvalue weighted by molar-refractivity contribution is 0.0694. The van der Waals surface area contributed by atoms with Crippen molar-refractivity contribution >= 4 is 11.7 Å². The van der Waals surface area contributed by atoms with E-state index in [0.29, 0.717) is 30.3 Å². The zero-order valence-electron chi connectivity index (χ0n) is 16.0. The number of carboxylic acids is 1. The number of nitrogens with one attached hydrogen (secondary N) is 1. The second-order valence-corrected chi connectivity index (χ2v) is 6.69. The number of methoxy groups -OCH3 is 1. The molecule has 1 aliphatic rings. The van der Waals surface area contributed by atoms with Crippen LogP contribution in [0.4, 0.5) is 5.69 Å². The van der Waals surface area contributed by atoms with Crippen LogP contribution in [0.5, 0.6) is 17.4 Å². The molecular weight excluding hydrogens is 348 g/mol. The van der Waals surface area contributed by atoms with Crippen molar-refractivity contribution in [1.82, 2.24) is 4.98 Å². The predicted octanol–water partition coefficient (Wildman–Crippen LogP) is 3.71. The summed E-state index contributed by atoms with van der Waals surface area (Å²) in [6, 6.07) is 5.48. The van der Waals surface area contributed by atoms with Gasteiger partial charge in [0.25, 0.3) is 0 Å². The molecule has 0 amide bonds. The van der Waals surface area contributed by atoms with E-state index in [1.54, 1.807) is 13.2 Å². The molecule has 2 heterocycles. The van der Waals surface area contributed by atoms with Crippen LogP contribution in [0.1, 0.15) is 33.6 Å². The van der Waals surface area contributed by atoms with Gasteiger partial charge in [-0.25, -0.2) is 9.78 Å². The number of aromatic nitrogens is 1. The first-order valence-electron chi connectivity index (χ1n) is 8.81. The van der Waals surface area contributed by atoms with Gasteiger partial charge in [0.05, 0.1) is 25.4 Å². The number of hydrogen-bond acceptors (Lipinski definition) is 6. The number of ether oxygens (including phenoxy) is 3. The molecule has 144 valence electrons. The summed E-state index contributed by atoms with van der Waals surface area (Å²) < 4.78 is 16.6. The summed E-state index contributed by atoms with van der Waals surface area (Å²) in [4.78, 5) is 16.3. The fourth-order valence-electron chi connectivity index (χ4n) is 3.19. The molecule has 7 nitrogen and oxygen atoms in total. The zero-order valence-corrected chi connectivity index (χ0v) is 16.0. The van der Waals surface area contributed by atoms with Crippen molar-refractivity contribution < 1.29 is 24.1 Å². The van der Waals surface area contributed by atoms with Crippen molar-refractivity contribution in [1.29, 1.82) is 0 Å². The summed E-state index contributed by atoms with van der Waals surface area (Å²) in [7, 11) is 1.60. The number of rotatable bonds is 6. The fraction of sp³-hybridized carbons (Fsp3) is 0.400. The molecule has 7 heteroatoms. The molecule has 1 saturated heterocycles. The Hall–Kier alpha value is -2.80. The van der Waals surface area contributed by atoms with Gasteiger partial charge in [-0.3, -0.25) is 0 Å². The molecule has 3 rings (SSSR count). The minimum Gasteiger partial charge on any atom is -0.497 e. The van der Waals surface area contributed by atoms with E-state index in [1.807, 2.05) is 32.9 Å². The van der Waals surface area contributed by atoms with Crippen molar-refractivity contribution in [3.05, 3.63) is 40.6 Å². The standard InChI is InChI=1S/C20H24N2O5/c1-11-7-15(25-4)8-12(2)18(11)27-19-17(20(23)24)16(9-13(3)21-19)22-14-5-6-26-10-14/h7-9,14H,5-6,10H2,1-4H3,(H,21,22)(H,23,24). The summed E-state index contributed by atoms with van der Waals surface area (Å²) >= 11 is 0. The van der Waals surface area contributed by atoms with Gasteiger partial charge in [0.15, 0.2) is 0 Å². The third-order valence-corrected chi connectivity index (χ3v) is 4.49. The van der Waals surface area contributed by atoms with Crippen LogP contribution in [0.25, 0.3) is 0 Å². The molecule has 1 aromatic heterocycles. The number of hydrogen-bond donors (Lipinski definition) is 2. The average molecular weight is 372 g/mol. The number of pyridine rings is 1. The third kappa shape index (κ3) is 4.14. The molecule has 1 fully saturated rings. The Morgan fingerprint density at radius 1 is 1.26 bits per heavy atom. The van der Waals surface area contributed by atoms with Gasteiger partial charge in [0.2, 0.25) is 5.88 Å². The van der Waals surface area contributed by atoms with Crippen LogP contribution in [0.15, 0.2) is 18.2 Å². The minimum absolute atomic E-state index is 0.0159. The van der Waals surface area contributed by atoms with Crippen LogP contribution in [0.2, 0.25) is 0 Å². The van der Waals surface area contributed by atoms with Crippen LogP contribution < -0.4 is 14.8 Å². The number of carbonyl (C=O) groups is 1. The molecule has 0 radical (unpaired) electrons. The Labute approximate surface area is 158 Å². The van der Waals surface area contributed by atoms with Crippen molar-refractivity contribution in [2.24, 2.45) is 0 Å². The van der Waals surface area contributed by atoms with E-state index < -0.39 is 5.97 Å². The molecule has 27 heavy (non-hydrogen) atoms. The highest BCUT2D eigenvalue weighted by molar-refractivity contribution is 5.97. The number of benzene rings is 1. The van der Waals surface area contributed by atoms with Crippen LogP contribution in [0.3, 0.4) is 0 Å². The molecule has 1 aliphatic heterocycles. The lowest BCUT2D eigenvalue weighted by Crippen LogP contribution is -2.21. The highest BCUT2D eigenvalue weighted by atomic mass is 16.5. The molecule has 2 N–H and O–H groups in total. The SMILES string of the molecule is COc1cc(C)c(Oc2nc(C)cc(NC3CCOC3)c2C(=O)O)c(C)c1. The minimum atomic E-state index is -1.09. The molecule has 0 bridgehead atoms. The van der Waals surface area contributed by atoms with E-state index in [2.05, 4.69) is 10.3 Å². The van der Waals surface area contributed by atoms with E-state index in [4.69, 9.17) is 14.2 Å². The molecule has 0 spiro atoms. The molecular formula is C20H24N2O5. The summed E-state index contributed by atoms with van der Waals surface area (Å²) in [5.74, 6) is 0.270. The first kappa shape index (κ1) is 19.0. The largest absolute Gasteiger partial charge is 0.497 e. The second-order valence-electron chi connectivity index (χ2n) is 6.69. The Morgan fingerprint density at radius 2 is 1.96 bits per heavy atom. The second kappa shape index (κ2) is 7.84. The summed E-state index contributed by atoms with van der Waals surface area (Å²) in [5.41, 5.74) is 2.85. The first-order chi connectivity index (χ1) is 12.9. The monoisotopic (exact) mass is 372 g/mol. The molecule has 2 aromatic rings. The highest BCUT2D eigenvalue weighted by Crippen LogP contribution is 2.35. The summed E-state index contributed by atoms with van der Waals surface area (Å²) in [6.07, 6.45) is 0.827. The van der Waals surface area contributed by atoms with Crippen molar-refractivity contribution in [3.63, 3.8) is 0 Å². The van der Waals surface area contributed by atoms with E-state index >= 15 is 0 Å². The number of carboxylic acid groups (broad SMARTS) is 1. The number of aryl methyl sites for hydroxylation is 3. The molecule has 0 saturated carbocycles. The van der Waals surface area contributed by atoms with Gasteiger partial charge < -0.3 is 24.6 Å². The van der Waals surface area contributed by atoms with Gasteiger partial charge in [-0.1, -0.05) is 0 Å². The molecule has 1 aromatic carbocycles. The third-order valence-electron chi connectivity index (χ3n) is 4.49. The first-order valence-corrected chi connectivity index (χ1v) is 8.81. The van der Waals surface area contributed by atoms with E-state index in [9.17, 15) is 9.90 Å². The van der Waals surface area contributed by atoms with Gasteiger partial charge in [-0.05, 0) is 56.5 Å². The number of aromatic carboxylic acids is 1. The van der Waals surface area contributed by atoms with Crippen LogP contribution in [0, 0.1) is 20.8 Å². The molecule has 1 unspecified atom stereocenters. The normalized spacial score (nSPS) is 16.2. The lowest BCUT2D eigenvalue weighted by atomic mass is 10.1. The summed E-state index contributed by atoms with van der Waals surface area (Å²) in [5, 5.41) is 13.1. The van der Waals surface area contributed by atoms with Crippen LogP contribution in [-0.2, 0) is 4.74 Å². The fourth-order valence-corrected chi connectivity index (χ4v) is 3.19. The zero-order chi connectivity index (χ0) is 19.6. The quantitative estimate of drug-likeness (QED) is 0.799. The molecule has 0 aliphatic carbocycles. The predicted molar refractivity (Wildman–Crippen MR) is 101 cm³/mol. The summed E-state index contributed by atoms with van der Waals surface area (Å²) in [6.45, 7) is 6.79. The Bertz CT molecular complexity index is 837. The van der Waals surface area contributed by atoms with E-state index in [0.717, 1.165) is 23.3 Å². The topological polar surface area (TPSA) is 89.9 Å².